The van der Waals surface area contributed by atoms with Gasteiger partial charge in [0.15, 0.2) is 5.69 Å². The molecule has 0 atom stereocenters. The number of alkyl carbamates (subject to hydrolysis) is 1. The number of nitrogens with zero attached hydrogens (tertiary/aromatic N) is 3. The molecule has 2 heterocycles. The molecule has 1 aromatic heterocycles. The summed E-state index contributed by atoms with van der Waals surface area (Å²) >= 11 is 0. The summed E-state index contributed by atoms with van der Waals surface area (Å²) in [6.45, 7) is 5.32. The number of hydrogen-bond acceptors (Lipinski definition) is 7. The van der Waals surface area contributed by atoms with Crippen molar-refractivity contribution in [2.45, 2.75) is 51.0 Å². The van der Waals surface area contributed by atoms with Crippen LogP contribution in [-0.2, 0) is 10.9 Å². The molecule has 186 valence electrons. The van der Waals surface area contributed by atoms with E-state index in [2.05, 4.69) is 15.3 Å². The fourth-order valence-corrected chi connectivity index (χ4v) is 3.25. The summed E-state index contributed by atoms with van der Waals surface area (Å²) in [4.78, 5) is 21.0. The Morgan fingerprint density at radius 2 is 1.85 bits per heavy atom. The van der Waals surface area contributed by atoms with Gasteiger partial charge in [-0.3, -0.25) is 0 Å². The molecule has 0 spiro atoms. The number of benzene rings is 1. The Bertz CT molecular complexity index is 1020. The zero-order chi connectivity index (χ0) is 25.1. The van der Waals surface area contributed by atoms with Crippen LogP contribution in [0, 0.1) is 5.82 Å². The Labute approximate surface area is 193 Å². The normalized spacial score (nSPS) is 16.2. The van der Waals surface area contributed by atoms with Crippen LogP contribution in [0.1, 0.15) is 39.3 Å². The van der Waals surface area contributed by atoms with Crippen LogP contribution in [0.25, 0.3) is 0 Å². The SMILES string of the molecule is CC(C)(C)OC(=O)NCC1(O)CCN(c2nc(Oc3cccc(F)c3)cc(C(F)(F)F)n2)CC1. The van der Waals surface area contributed by atoms with Gasteiger partial charge in [0.25, 0.3) is 0 Å². The quantitative estimate of drug-likeness (QED) is 0.609. The summed E-state index contributed by atoms with van der Waals surface area (Å²) in [7, 11) is 0. The van der Waals surface area contributed by atoms with E-state index in [1.54, 1.807) is 20.8 Å². The second-order valence-electron chi connectivity index (χ2n) is 9.02. The van der Waals surface area contributed by atoms with Crippen molar-refractivity contribution in [2.75, 3.05) is 24.5 Å². The van der Waals surface area contributed by atoms with E-state index < -0.39 is 40.9 Å². The number of rotatable bonds is 5. The van der Waals surface area contributed by atoms with E-state index >= 15 is 0 Å². The maximum absolute atomic E-state index is 13.4. The number of alkyl halides is 3. The Balaban J connectivity index is 1.71. The van der Waals surface area contributed by atoms with E-state index in [9.17, 15) is 27.5 Å². The van der Waals surface area contributed by atoms with Gasteiger partial charge in [-0.05, 0) is 45.7 Å². The third-order valence-electron chi connectivity index (χ3n) is 4.94. The van der Waals surface area contributed by atoms with Crippen LogP contribution >= 0.6 is 0 Å². The molecule has 0 saturated carbocycles. The molecule has 3 rings (SSSR count). The third-order valence-corrected chi connectivity index (χ3v) is 4.94. The van der Waals surface area contributed by atoms with Gasteiger partial charge in [0.1, 0.15) is 17.2 Å². The maximum atomic E-state index is 13.4. The van der Waals surface area contributed by atoms with Crippen molar-refractivity contribution in [1.82, 2.24) is 15.3 Å². The Morgan fingerprint density at radius 1 is 1.18 bits per heavy atom. The predicted molar refractivity (Wildman–Crippen MR) is 114 cm³/mol. The lowest BCUT2D eigenvalue weighted by molar-refractivity contribution is -0.141. The lowest BCUT2D eigenvalue weighted by Gasteiger charge is -2.38. The summed E-state index contributed by atoms with van der Waals surface area (Å²) in [5.74, 6) is -1.25. The number of aliphatic hydroxyl groups is 1. The van der Waals surface area contributed by atoms with Gasteiger partial charge in [0.05, 0.1) is 5.60 Å². The minimum atomic E-state index is -4.76. The Hall–Kier alpha value is -3.15. The van der Waals surface area contributed by atoms with Gasteiger partial charge >= 0.3 is 12.3 Å². The van der Waals surface area contributed by atoms with Crippen LogP contribution in [0.4, 0.5) is 28.3 Å². The summed E-state index contributed by atoms with van der Waals surface area (Å²) in [6.07, 6.45) is -5.15. The first-order valence-corrected chi connectivity index (χ1v) is 10.6. The lowest BCUT2D eigenvalue weighted by Crippen LogP contribution is -2.51. The zero-order valence-corrected chi connectivity index (χ0v) is 18.9. The summed E-state index contributed by atoms with van der Waals surface area (Å²) in [5, 5.41) is 13.3. The van der Waals surface area contributed by atoms with Gasteiger partial charge in [0.2, 0.25) is 11.8 Å². The van der Waals surface area contributed by atoms with Crippen LogP contribution in [0.2, 0.25) is 0 Å². The molecule has 1 amide bonds. The average molecular weight is 486 g/mol. The smallest absolute Gasteiger partial charge is 0.433 e. The van der Waals surface area contributed by atoms with Crippen LogP contribution < -0.4 is 15.0 Å². The van der Waals surface area contributed by atoms with Crippen LogP contribution in [-0.4, -0.2) is 52.0 Å². The monoisotopic (exact) mass is 486 g/mol. The number of piperidine rings is 1. The molecule has 0 bridgehead atoms. The molecule has 1 aliphatic heterocycles. The first-order chi connectivity index (χ1) is 15.7. The van der Waals surface area contributed by atoms with Gasteiger partial charge in [-0.2, -0.15) is 18.2 Å². The zero-order valence-electron chi connectivity index (χ0n) is 18.9. The number of amides is 1. The molecule has 1 aromatic carbocycles. The minimum Gasteiger partial charge on any atom is -0.444 e. The van der Waals surface area contributed by atoms with Gasteiger partial charge < -0.3 is 24.8 Å². The standard InChI is InChI=1S/C22H26F4N4O4/c1-20(2,3)34-19(31)27-13-21(32)7-9-30(10-8-21)18-28-16(22(24,25)26)12-17(29-18)33-15-6-4-5-14(23)11-15/h4-6,11-12,32H,7-10,13H2,1-3H3,(H,27,31). The van der Waals surface area contributed by atoms with E-state index in [0.717, 1.165) is 6.07 Å². The van der Waals surface area contributed by atoms with Crippen molar-refractivity contribution in [3.8, 4) is 11.6 Å². The van der Waals surface area contributed by atoms with E-state index in [1.807, 2.05) is 0 Å². The molecule has 1 fully saturated rings. The van der Waals surface area contributed by atoms with Gasteiger partial charge in [-0.1, -0.05) is 6.07 Å². The molecular weight excluding hydrogens is 460 g/mol. The lowest BCUT2D eigenvalue weighted by atomic mass is 9.91. The Morgan fingerprint density at radius 3 is 2.44 bits per heavy atom. The number of ether oxygens (including phenoxy) is 2. The van der Waals surface area contributed by atoms with Crippen molar-refractivity contribution >= 4 is 12.0 Å². The number of carbonyl (C=O) groups is 1. The largest absolute Gasteiger partial charge is 0.444 e. The Kier molecular flexibility index (Phi) is 7.20. The molecule has 1 saturated heterocycles. The van der Waals surface area contributed by atoms with Gasteiger partial charge in [0, 0.05) is 31.8 Å². The average Bonchev–Trinajstić information content (AvgIpc) is 2.71. The molecule has 0 radical (unpaired) electrons. The highest BCUT2D eigenvalue weighted by Gasteiger charge is 2.37. The number of halogens is 4. The first kappa shape index (κ1) is 25.5. The predicted octanol–water partition coefficient (Wildman–Crippen LogP) is 4.28. The van der Waals surface area contributed by atoms with E-state index in [1.165, 1.54) is 23.1 Å². The fraction of sp³-hybridized carbons (Fsp3) is 0.500. The molecule has 2 aromatic rings. The fourth-order valence-electron chi connectivity index (χ4n) is 3.25. The maximum Gasteiger partial charge on any atom is 0.433 e. The first-order valence-electron chi connectivity index (χ1n) is 10.6. The molecule has 0 unspecified atom stereocenters. The van der Waals surface area contributed by atoms with Gasteiger partial charge in [-0.15, -0.1) is 0 Å². The van der Waals surface area contributed by atoms with Crippen LogP contribution in [0.15, 0.2) is 30.3 Å². The van der Waals surface area contributed by atoms with Crippen molar-refractivity contribution < 1.29 is 36.9 Å². The highest BCUT2D eigenvalue weighted by molar-refractivity contribution is 5.67. The van der Waals surface area contributed by atoms with Crippen molar-refractivity contribution in [3.05, 3.63) is 41.8 Å². The molecule has 34 heavy (non-hydrogen) atoms. The summed E-state index contributed by atoms with van der Waals surface area (Å²) in [5.41, 5.74) is -3.17. The number of hydrogen-bond donors (Lipinski definition) is 2. The second kappa shape index (κ2) is 9.61. The van der Waals surface area contributed by atoms with E-state index in [-0.39, 0.29) is 44.2 Å². The van der Waals surface area contributed by atoms with E-state index in [0.29, 0.717) is 6.07 Å². The molecule has 12 heteroatoms. The number of anilines is 1. The molecule has 0 aliphatic carbocycles. The second-order valence-corrected chi connectivity index (χ2v) is 9.02. The van der Waals surface area contributed by atoms with Crippen molar-refractivity contribution in [2.24, 2.45) is 0 Å². The highest BCUT2D eigenvalue weighted by atomic mass is 19.4. The summed E-state index contributed by atoms with van der Waals surface area (Å²) in [6, 6.07) is 5.57. The van der Waals surface area contributed by atoms with Crippen LogP contribution in [0.3, 0.4) is 0 Å². The molecular formula is C22H26F4N4O4. The third kappa shape index (κ3) is 7.17. The highest BCUT2D eigenvalue weighted by Crippen LogP contribution is 2.33. The van der Waals surface area contributed by atoms with Gasteiger partial charge in [-0.25, -0.2) is 14.2 Å². The topological polar surface area (TPSA) is 96.8 Å². The summed E-state index contributed by atoms with van der Waals surface area (Å²) < 4.78 is 64.2. The number of nitrogens with one attached hydrogen (secondary N) is 1. The number of aromatic nitrogens is 2. The van der Waals surface area contributed by atoms with Crippen molar-refractivity contribution in [3.63, 3.8) is 0 Å². The number of carbonyl (C=O) groups excluding carboxylic acids is 1. The molecule has 8 nitrogen and oxygen atoms in total. The van der Waals surface area contributed by atoms with Crippen molar-refractivity contribution in [1.29, 1.82) is 0 Å². The minimum absolute atomic E-state index is 0.0148. The molecule has 1 aliphatic rings. The molecule has 2 N–H and O–H groups in total. The van der Waals surface area contributed by atoms with Crippen LogP contribution in [0.5, 0.6) is 11.6 Å². The van der Waals surface area contributed by atoms with E-state index in [4.69, 9.17) is 9.47 Å².